The number of carbonyl (C=O) groups is 2. The number of nitrogens with one attached hydrogen (secondary N) is 1. The first-order valence-electron chi connectivity index (χ1n) is 8.80. The number of benzene rings is 2. The number of thiazole rings is 1. The van der Waals surface area contributed by atoms with Crippen molar-refractivity contribution in [1.82, 2.24) is 9.88 Å². The van der Waals surface area contributed by atoms with Crippen LogP contribution in [0.5, 0.6) is 5.75 Å². The van der Waals surface area contributed by atoms with E-state index in [1.54, 1.807) is 36.7 Å². The highest BCUT2D eigenvalue weighted by atomic mass is 32.1. The maximum atomic E-state index is 13.3. The summed E-state index contributed by atoms with van der Waals surface area (Å²) < 4.78 is 5.24. The van der Waals surface area contributed by atoms with Crippen LogP contribution < -0.4 is 10.1 Å². The van der Waals surface area contributed by atoms with Crippen LogP contribution in [0.15, 0.2) is 60.1 Å². The van der Waals surface area contributed by atoms with Gasteiger partial charge in [0.2, 0.25) is 5.91 Å². The van der Waals surface area contributed by atoms with E-state index in [2.05, 4.69) is 10.3 Å². The quantitative estimate of drug-likeness (QED) is 0.734. The van der Waals surface area contributed by atoms with Crippen LogP contribution in [0.1, 0.15) is 33.4 Å². The summed E-state index contributed by atoms with van der Waals surface area (Å²) in [6.45, 7) is 0. The molecule has 2 amide bonds. The second kappa shape index (κ2) is 7.44. The van der Waals surface area contributed by atoms with E-state index in [1.165, 1.54) is 11.3 Å². The molecule has 4 rings (SSSR count). The number of carbonyl (C=O) groups excluding carboxylic acids is 2. The Balaban J connectivity index is 1.80. The lowest BCUT2D eigenvalue weighted by atomic mass is 9.79. The van der Waals surface area contributed by atoms with Crippen molar-refractivity contribution in [3.05, 3.63) is 76.8 Å². The van der Waals surface area contributed by atoms with Gasteiger partial charge in [-0.05, 0) is 29.3 Å². The smallest absolute Gasteiger partial charge is 0.254 e. The number of methoxy groups -OCH3 is 1. The molecular weight excluding hydrogens is 374 g/mol. The summed E-state index contributed by atoms with van der Waals surface area (Å²) in [7, 11) is 3.34. The molecule has 0 bridgehead atoms. The number of fused-ring (bicyclic) bond motifs is 1. The number of likely N-dealkylation sites (N-methyl/N-ethyl adjacent to an activating group) is 1. The third kappa shape index (κ3) is 3.14. The molecule has 7 heteroatoms. The summed E-state index contributed by atoms with van der Waals surface area (Å²) in [6.07, 6.45) is 1.64. The van der Waals surface area contributed by atoms with Crippen molar-refractivity contribution in [1.29, 1.82) is 0 Å². The van der Waals surface area contributed by atoms with E-state index in [9.17, 15) is 9.59 Å². The summed E-state index contributed by atoms with van der Waals surface area (Å²) in [4.78, 5) is 32.0. The molecular formula is C21H19N3O3S. The molecule has 0 saturated heterocycles. The van der Waals surface area contributed by atoms with E-state index in [1.807, 2.05) is 42.5 Å². The number of ether oxygens (including phenoxy) is 1. The number of hydrogen-bond donors (Lipinski definition) is 1. The fourth-order valence-corrected chi connectivity index (χ4v) is 4.17. The van der Waals surface area contributed by atoms with Gasteiger partial charge in [0.25, 0.3) is 5.91 Å². The second-order valence-electron chi connectivity index (χ2n) is 6.53. The van der Waals surface area contributed by atoms with Crippen molar-refractivity contribution < 1.29 is 14.3 Å². The van der Waals surface area contributed by atoms with Crippen molar-refractivity contribution >= 4 is 28.3 Å². The van der Waals surface area contributed by atoms with Gasteiger partial charge in [-0.2, -0.15) is 0 Å². The molecule has 1 aromatic heterocycles. The molecule has 6 nitrogen and oxygen atoms in total. The molecule has 0 saturated carbocycles. The first kappa shape index (κ1) is 18.2. The number of hydrogen-bond acceptors (Lipinski definition) is 5. The zero-order valence-corrected chi connectivity index (χ0v) is 16.3. The molecule has 0 radical (unpaired) electrons. The van der Waals surface area contributed by atoms with Crippen LogP contribution in [0.25, 0.3) is 0 Å². The highest BCUT2D eigenvalue weighted by molar-refractivity contribution is 7.13. The maximum Gasteiger partial charge on any atom is 0.254 e. The minimum atomic E-state index is -0.559. The van der Waals surface area contributed by atoms with Gasteiger partial charge in [-0.25, -0.2) is 4.98 Å². The normalized spacial score (nSPS) is 18.5. The fourth-order valence-electron chi connectivity index (χ4n) is 3.64. The predicted octanol–water partition coefficient (Wildman–Crippen LogP) is 3.70. The third-order valence-corrected chi connectivity index (χ3v) is 5.67. The van der Waals surface area contributed by atoms with Gasteiger partial charge < -0.3 is 15.0 Å². The Morgan fingerprint density at radius 2 is 1.93 bits per heavy atom. The molecule has 1 aliphatic rings. The number of aromatic nitrogens is 1. The van der Waals surface area contributed by atoms with Crippen molar-refractivity contribution in [2.75, 3.05) is 19.5 Å². The standard InChI is InChI=1S/C21H19N3O3S/c1-24-18(13-7-9-14(27-2)10-8-13)17(19(25)23-21-22-11-12-28-21)15-5-3-4-6-16(15)20(24)26/h3-12,17-18H,1-2H3,(H,22,23,25). The van der Waals surface area contributed by atoms with Crippen LogP contribution in [0, 0.1) is 0 Å². The number of rotatable bonds is 4. The maximum absolute atomic E-state index is 13.3. The number of anilines is 1. The van der Waals surface area contributed by atoms with Crippen LogP contribution in [0.2, 0.25) is 0 Å². The molecule has 0 fully saturated rings. The highest BCUT2D eigenvalue weighted by Crippen LogP contribution is 2.42. The molecule has 2 atom stereocenters. The van der Waals surface area contributed by atoms with Gasteiger partial charge in [0.1, 0.15) is 5.75 Å². The largest absolute Gasteiger partial charge is 0.497 e. The van der Waals surface area contributed by atoms with Crippen LogP contribution in [-0.2, 0) is 4.79 Å². The predicted molar refractivity (Wildman–Crippen MR) is 108 cm³/mol. The molecule has 2 unspecified atom stereocenters. The molecule has 0 aliphatic carbocycles. The Morgan fingerprint density at radius 3 is 2.61 bits per heavy atom. The van der Waals surface area contributed by atoms with Gasteiger partial charge in [0.15, 0.2) is 5.13 Å². The molecule has 28 heavy (non-hydrogen) atoms. The Hall–Kier alpha value is -3.19. The van der Waals surface area contributed by atoms with E-state index < -0.39 is 12.0 Å². The van der Waals surface area contributed by atoms with Crippen molar-refractivity contribution in [2.24, 2.45) is 0 Å². The average Bonchev–Trinajstić information content (AvgIpc) is 3.23. The molecule has 1 aliphatic heterocycles. The number of amides is 2. The van der Waals surface area contributed by atoms with Gasteiger partial charge in [0, 0.05) is 24.2 Å². The summed E-state index contributed by atoms with van der Waals surface area (Å²) in [5.74, 6) is -0.133. The van der Waals surface area contributed by atoms with E-state index in [0.29, 0.717) is 10.7 Å². The molecule has 2 aromatic carbocycles. The Kier molecular flexibility index (Phi) is 4.83. The molecule has 142 valence electrons. The van der Waals surface area contributed by atoms with E-state index in [-0.39, 0.29) is 11.8 Å². The Morgan fingerprint density at radius 1 is 1.18 bits per heavy atom. The Labute approximate surface area is 166 Å². The first-order valence-corrected chi connectivity index (χ1v) is 9.68. The van der Waals surface area contributed by atoms with E-state index in [4.69, 9.17) is 4.74 Å². The van der Waals surface area contributed by atoms with Crippen molar-refractivity contribution in [2.45, 2.75) is 12.0 Å². The monoisotopic (exact) mass is 393 g/mol. The van der Waals surface area contributed by atoms with Crippen molar-refractivity contribution in [3.8, 4) is 5.75 Å². The van der Waals surface area contributed by atoms with Crippen LogP contribution in [-0.4, -0.2) is 35.9 Å². The van der Waals surface area contributed by atoms with Crippen LogP contribution in [0.3, 0.4) is 0 Å². The lowest BCUT2D eigenvalue weighted by Crippen LogP contribution is -2.44. The Bertz CT molecular complexity index is 1000. The average molecular weight is 393 g/mol. The van der Waals surface area contributed by atoms with Gasteiger partial charge in [-0.1, -0.05) is 30.3 Å². The number of nitrogens with zero attached hydrogens (tertiary/aromatic N) is 2. The van der Waals surface area contributed by atoms with Crippen LogP contribution >= 0.6 is 11.3 Å². The lowest BCUT2D eigenvalue weighted by Gasteiger charge is -2.39. The molecule has 3 aromatic rings. The molecule has 0 spiro atoms. The first-order chi connectivity index (χ1) is 13.6. The fraction of sp³-hybridized carbons (Fsp3) is 0.190. The third-order valence-electron chi connectivity index (χ3n) is 4.98. The minimum Gasteiger partial charge on any atom is -0.497 e. The second-order valence-corrected chi connectivity index (χ2v) is 7.42. The highest BCUT2D eigenvalue weighted by Gasteiger charge is 2.42. The molecule has 1 N–H and O–H groups in total. The SMILES string of the molecule is COc1ccc(C2C(C(=O)Nc3nccs3)c3ccccc3C(=O)N2C)cc1. The van der Waals surface area contributed by atoms with Gasteiger partial charge in [-0.15, -0.1) is 11.3 Å². The summed E-state index contributed by atoms with van der Waals surface area (Å²) >= 11 is 1.36. The van der Waals surface area contributed by atoms with Crippen molar-refractivity contribution in [3.63, 3.8) is 0 Å². The lowest BCUT2D eigenvalue weighted by molar-refractivity contribution is -0.119. The van der Waals surface area contributed by atoms with Gasteiger partial charge in [-0.3, -0.25) is 9.59 Å². The summed E-state index contributed by atoms with van der Waals surface area (Å²) in [5, 5.41) is 5.24. The van der Waals surface area contributed by atoms with E-state index in [0.717, 1.165) is 16.9 Å². The van der Waals surface area contributed by atoms with Gasteiger partial charge >= 0.3 is 0 Å². The van der Waals surface area contributed by atoms with Gasteiger partial charge in [0.05, 0.1) is 19.1 Å². The minimum absolute atomic E-state index is 0.102. The summed E-state index contributed by atoms with van der Waals surface area (Å²) in [5.41, 5.74) is 2.14. The zero-order chi connectivity index (χ0) is 19.7. The molecule has 2 heterocycles. The zero-order valence-electron chi connectivity index (χ0n) is 15.5. The topological polar surface area (TPSA) is 71.5 Å². The summed E-state index contributed by atoms with van der Waals surface area (Å²) in [6, 6.07) is 14.3. The van der Waals surface area contributed by atoms with Crippen LogP contribution in [0.4, 0.5) is 5.13 Å². The van der Waals surface area contributed by atoms with E-state index >= 15 is 0 Å².